The number of nitrogens with zero attached hydrogens (tertiary/aromatic N) is 3. The van der Waals surface area contributed by atoms with Crippen molar-refractivity contribution in [1.82, 2.24) is 14.5 Å². The molecule has 0 radical (unpaired) electrons. The summed E-state index contributed by atoms with van der Waals surface area (Å²) in [5, 5.41) is 27.9. The first-order chi connectivity index (χ1) is 23.2. The number of aryl methyl sites for hydroxylation is 1. The van der Waals surface area contributed by atoms with Gasteiger partial charge in [0.25, 0.3) is 5.56 Å². The number of benzene rings is 2. The maximum absolute atomic E-state index is 13.2. The highest BCUT2D eigenvalue weighted by atomic mass is 35.5. The fraction of sp³-hybridized carbons (Fsp3) is 0.486. The van der Waals surface area contributed by atoms with E-state index in [0.29, 0.717) is 27.7 Å². The van der Waals surface area contributed by atoms with Gasteiger partial charge in [-0.05, 0) is 37.1 Å². The molecule has 7 nitrogen and oxygen atoms in total. The Bertz CT molecular complexity index is 1620. The second kappa shape index (κ2) is 19.5. The van der Waals surface area contributed by atoms with Gasteiger partial charge >= 0.3 is 0 Å². The van der Waals surface area contributed by atoms with Crippen LogP contribution in [-0.2, 0) is 6.42 Å². The van der Waals surface area contributed by atoms with Crippen molar-refractivity contribution in [1.29, 1.82) is 0 Å². The van der Waals surface area contributed by atoms with Crippen molar-refractivity contribution >= 4 is 57.9 Å². The summed E-state index contributed by atoms with van der Waals surface area (Å²) in [6, 6.07) is 12.8. The van der Waals surface area contributed by atoms with E-state index in [1.807, 2.05) is 0 Å². The van der Waals surface area contributed by atoms with Gasteiger partial charge in [0.1, 0.15) is 5.69 Å². The number of rotatable bonds is 21. The number of halogens is 4. The molecular formula is C37H48Cl4N4O3. The SMILES string of the molecule is CCCCCCCCCCCCCCCCCCc1cc(O)n(N(c2cc(=O)n(-c3c(Cl)cc(Cl)cc3Cl)[nH]2)c2ccccc2Cl)c1O. The first kappa shape index (κ1) is 38.1. The minimum absolute atomic E-state index is 0.149. The largest absolute Gasteiger partial charge is 0.493 e. The van der Waals surface area contributed by atoms with Crippen LogP contribution in [0.25, 0.3) is 5.69 Å². The van der Waals surface area contributed by atoms with Gasteiger partial charge in [0, 0.05) is 22.7 Å². The lowest BCUT2D eigenvalue weighted by atomic mass is 10.0. The summed E-state index contributed by atoms with van der Waals surface area (Å²) >= 11 is 25.5. The van der Waals surface area contributed by atoms with Crippen molar-refractivity contribution in [3.05, 3.63) is 84.5 Å². The van der Waals surface area contributed by atoms with Crippen molar-refractivity contribution in [3.8, 4) is 17.4 Å². The van der Waals surface area contributed by atoms with E-state index in [9.17, 15) is 15.0 Å². The van der Waals surface area contributed by atoms with Crippen molar-refractivity contribution in [2.75, 3.05) is 5.01 Å². The van der Waals surface area contributed by atoms with Crippen molar-refractivity contribution in [3.63, 3.8) is 0 Å². The number of aromatic nitrogens is 3. The van der Waals surface area contributed by atoms with Gasteiger partial charge in [-0.3, -0.25) is 9.89 Å². The molecule has 0 fully saturated rings. The molecule has 262 valence electrons. The minimum atomic E-state index is -0.479. The predicted molar refractivity (Wildman–Crippen MR) is 201 cm³/mol. The lowest BCUT2D eigenvalue weighted by Crippen LogP contribution is -2.24. The van der Waals surface area contributed by atoms with E-state index in [4.69, 9.17) is 46.4 Å². The second-order valence-electron chi connectivity index (χ2n) is 12.5. The molecule has 0 bridgehead atoms. The Kier molecular flexibility index (Phi) is 15.5. The predicted octanol–water partition coefficient (Wildman–Crippen LogP) is 12.4. The van der Waals surface area contributed by atoms with Crippen LogP contribution in [0.1, 0.15) is 115 Å². The molecule has 0 aliphatic heterocycles. The number of anilines is 2. The van der Waals surface area contributed by atoms with Gasteiger partial charge in [0.2, 0.25) is 11.8 Å². The lowest BCUT2D eigenvalue weighted by molar-refractivity contribution is 0.377. The topological polar surface area (TPSA) is 86.4 Å². The van der Waals surface area contributed by atoms with Gasteiger partial charge in [0.05, 0.1) is 20.8 Å². The van der Waals surface area contributed by atoms with Crippen molar-refractivity contribution in [2.24, 2.45) is 0 Å². The van der Waals surface area contributed by atoms with Gasteiger partial charge in [0.15, 0.2) is 5.82 Å². The number of aromatic hydroxyl groups is 2. The molecule has 0 atom stereocenters. The van der Waals surface area contributed by atoms with Crippen LogP contribution in [0.5, 0.6) is 11.8 Å². The van der Waals surface area contributed by atoms with E-state index in [0.717, 1.165) is 19.3 Å². The Morgan fingerprint density at radius 2 is 1.21 bits per heavy atom. The van der Waals surface area contributed by atoms with Gasteiger partial charge < -0.3 is 10.2 Å². The number of nitrogens with one attached hydrogen (secondary N) is 1. The Labute approximate surface area is 304 Å². The number of para-hydroxylation sites is 1. The number of H-pyrrole nitrogens is 1. The zero-order valence-electron chi connectivity index (χ0n) is 27.8. The monoisotopic (exact) mass is 736 g/mol. The smallest absolute Gasteiger partial charge is 0.273 e. The molecule has 3 N–H and O–H groups in total. The summed E-state index contributed by atoms with van der Waals surface area (Å²) in [4.78, 5) is 13.2. The maximum atomic E-state index is 13.2. The van der Waals surface area contributed by atoms with E-state index < -0.39 is 5.56 Å². The molecule has 2 heterocycles. The maximum Gasteiger partial charge on any atom is 0.273 e. The van der Waals surface area contributed by atoms with Crippen LogP contribution in [0.2, 0.25) is 20.1 Å². The number of hydrogen-bond acceptors (Lipinski definition) is 4. The molecule has 0 unspecified atom stereocenters. The second-order valence-corrected chi connectivity index (χ2v) is 14.2. The van der Waals surface area contributed by atoms with Crippen LogP contribution in [-0.4, -0.2) is 24.7 Å². The number of unbranched alkanes of at least 4 members (excludes halogenated alkanes) is 15. The highest BCUT2D eigenvalue weighted by Gasteiger charge is 2.26. The van der Waals surface area contributed by atoms with Crippen LogP contribution >= 0.6 is 46.4 Å². The molecule has 0 saturated heterocycles. The lowest BCUT2D eigenvalue weighted by Gasteiger charge is -2.26. The molecule has 0 aliphatic rings. The van der Waals surface area contributed by atoms with Crippen molar-refractivity contribution < 1.29 is 10.2 Å². The molecule has 4 aromatic rings. The normalized spacial score (nSPS) is 11.4. The highest BCUT2D eigenvalue weighted by Crippen LogP contribution is 2.39. The molecule has 0 spiro atoms. The highest BCUT2D eigenvalue weighted by molar-refractivity contribution is 6.40. The Morgan fingerprint density at radius 1 is 0.688 bits per heavy atom. The van der Waals surface area contributed by atoms with Crippen LogP contribution in [0.4, 0.5) is 11.5 Å². The van der Waals surface area contributed by atoms with E-state index in [1.54, 1.807) is 30.3 Å². The molecule has 2 aromatic carbocycles. The third kappa shape index (κ3) is 10.4. The zero-order chi connectivity index (χ0) is 34.5. The Balaban J connectivity index is 1.35. The summed E-state index contributed by atoms with van der Waals surface area (Å²) in [5.74, 6) is -0.162. The van der Waals surface area contributed by atoms with Gasteiger partial charge in [-0.25, -0.2) is 9.69 Å². The summed E-state index contributed by atoms with van der Waals surface area (Å²) in [6.07, 6.45) is 21.1. The Morgan fingerprint density at radius 3 is 1.75 bits per heavy atom. The molecule has 4 rings (SSSR count). The van der Waals surface area contributed by atoms with E-state index in [2.05, 4.69) is 12.0 Å². The van der Waals surface area contributed by atoms with E-state index in [1.165, 1.54) is 116 Å². The average molecular weight is 739 g/mol. The standard InChI is InChI=1S/C37H48Cl4N4O3/c1-2-3-4-5-6-7-8-9-10-11-12-13-14-15-16-17-20-27-23-35(47)45(37(27)48)44(32-22-19-18-21-29(32)39)33-26-34(46)43(42-33)36-30(40)24-28(38)25-31(36)41/h18-19,21-26,42,47-48H,2-17,20H2,1H3. The molecule has 0 aliphatic carbocycles. The fourth-order valence-electron chi connectivity index (χ4n) is 6.15. The number of aromatic amines is 1. The summed E-state index contributed by atoms with van der Waals surface area (Å²) < 4.78 is 2.40. The van der Waals surface area contributed by atoms with E-state index >= 15 is 0 Å². The fourth-order valence-corrected chi connectivity index (χ4v) is 7.35. The first-order valence-electron chi connectivity index (χ1n) is 17.4. The average Bonchev–Trinajstić information content (AvgIpc) is 3.55. The number of hydrogen-bond donors (Lipinski definition) is 3. The molecule has 48 heavy (non-hydrogen) atoms. The molecular weight excluding hydrogens is 690 g/mol. The van der Waals surface area contributed by atoms with Crippen LogP contribution in [0.15, 0.2) is 53.3 Å². The van der Waals surface area contributed by atoms with E-state index in [-0.39, 0.29) is 33.3 Å². The van der Waals surface area contributed by atoms with Gasteiger partial charge in [-0.15, -0.1) is 0 Å². The summed E-state index contributed by atoms with van der Waals surface area (Å²) in [6.45, 7) is 2.27. The summed E-state index contributed by atoms with van der Waals surface area (Å²) in [5.41, 5.74) is 0.743. The summed E-state index contributed by atoms with van der Waals surface area (Å²) in [7, 11) is 0. The quantitative estimate of drug-likeness (QED) is 0.0743. The molecule has 0 amide bonds. The van der Waals surface area contributed by atoms with Crippen LogP contribution in [0, 0.1) is 0 Å². The third-order valence-electron chi connectivity index (χ3n) is 8.73. The van der Waals surface area contributed by atoms with Gasteiger partial charge in [-0.1, -0.05) is 162 Å². The molecule has 0 saturated carbocycles. The molecule has 2 aromatic heterocycles. The van der Waals surface area contributed by atoms with Crippen LogP contribution in [0.3, 0.4) is 0 Å². The van der Waals surface area contributed by atoms with Crippen LogP contribution < -0.4 is 10.6 Å². The third-order valence-corrected chi connectivity index (χ3v) is 9.84. The molecule has 11 heteroatoms. The zero-order valence-corrected chi connectivity index (χ0v) is 30.8. The van der Waals surface area contributed by atoms with Gasteiger partial charge in [-0.2, -0.15) is 4.68 Å². The van der Waals surface area contributed by atoms with Crippen molar-refractivity contribution in [2.45, 2.75) is 116 Å². The first-order valence-corrected chi connectivity index (χ1v) is 18.9. The Hall–Kier alpha value is -2.71. The minimum Gasteiger partial charge on any atom is -0.493 e.